The Bertz CT molecular complexity index is 649. The Hall–Kier alpha value is -2.01. The molecule has 0 bridgehead atoms. The van der Waals surface area contributed by atoms with Crippen molar-refractivity contribution in [2.45, 2.75) is 19.3 Å². The molecule has 1 aromatic heterocycles. The summed E-state index contributed by atoms with van der Waals surface area (Å²) in [7, 11) is 0. The van der Waals surface area contributed by atoms with Crippen LogP contribution in [0, 0.1) is 10.1 Å². The highest BCUT2D eigenvalue weighted by atomic mass is 35.5. The van der Waals surface area contributed by atoms with E-state index >= 15 is 0 Å². The van der Waals surface area contributed by atoms with Crippen molar-refractivity contribution in [1.82, 2.24) is 4.57 Å². The molecule has 0 aliphatic carbocycles. The van der Waals surface area contributed by atoms with E-state index in [0.29, 0.717) is 10.7 Å². The summed E-state index contributed by atoms with van der Waals surface area (Å²) in [6.07, 6.45) is 7.08. The summed E-state index contributed by atoms with van der Waals surface area (Å²) >= 11 is 6.23. The second-order valence-corrected chi connectivity index (χ2v) is 5.59. The van der Waals surface area contributed by atoms with E-state index in [-0.39, 0.29) is 10.6 Å². The lowest BCUT2D eigenvalue weighted by atomic mass is 10.1. The van der Waals surface area contributed by atoms with Crippen molar-refractivity contribution < 1.29 is 4.92 Å². The second-order valence-electron chi connectivity index (χ2n) is 5.19. The largest absolute Gasteiger partial charge is 0.366 e. The summed E-state index contributed by atoms with van der Waals surface area (Å²) in [5, 5.41) is 11.7. The molecule has 0 saturated carbocycles. The molecule has 5 nitrogen and oxygen atoms in total. The molecule has 1 aliphatic heterocycles. The zero-order valence-electron chi connectivity index (χ0n) is 11.5. The standard InChI is InChI=1S/C15H16ClN3O2/c16-12-10-15(19(20)21)14(18-6-2-1-3-7-18)11-13(12)17-8-4-5-9-17/h4-5,8-11H,1-3,6-7H2. The van der Waals surface area contributed by atoms with Gasteiger partial charge in [0.15, 0.2) is 0 Å². The third-order valence-electron chi connectivity index (χ3n) is 3.82. The number of hydrogen-bond donors (Lipinski definition) is 0. The molecule has 0 spiro atoms. The summed E-state index contributed by atoms with van der Waals surface area (Å²) in [5.74, 6) is 0. The van der Waals surface area contributed by atoms with Crippen molar-refractivity contribution in [3.63, 3.8) is 0 Å². The number of hydrogen-bond acceptors (Lipinski definition) is 3. The van der Waals surface area contributed by atoms with E-state index in [1.54, 1.807) is 0 Å². The van der Waals surface area contributed by atoms with Gasteiger partial charge in [-0.2, -0.15) is 0 Å². The fourth-order valence-electron chi connectivity index (χ4n) is 2.77. The van der Waals surface area contributed by atoms with Gasteiger partial charge in [0.25, 0.3) is 5.69 Å². The van der Waals surface area contributed by atoms with Crippen LogP contribution in [-0.4, -0.2) is 22.6 Å². The van der Waals surface area contributed by atoms with Gasteiger partial charge in [-0.15, -0.1) is 0 Å². The fraction of sp³-hybridized carbons (Fsp3) is 0.333. The Kier molecular flexibility index (Phi) is 3.84. The first kappa shape index (κ1) is 13.9. The van der Waals surface area contributed by atoms with Crippen LogP contribution in [0.25, 0.3) is 5.69 Å². The topological polar surface area (TPSA) is 51.3 Å². The van der Waals surface area contributed by atoms with E-state index in [9.17, 15) is 10.1 Å². The van der Waals surface area contributed by atoms with Crippen molar-refractivity contribution >= 4 is 23.0 Å². The maximum atomic E-state index is 11.3. The number of rotatable bonds is 3. The summed E-state index contributed by atoms with van der Waals surface area (Å²) in [6.45, 7) is 1.71. The highest BCUT2D eigenvalue weighted by molar-refractivity contribution is 6.32. The Morgan fingerprint density at radius 1 is 1.05 bits per heavy atom. The van der Waals surface area contributed by atoms with Gasteiger partial charge < -0.3 is 9.47 Å². The van der Waals surface area contributed by atoms with E-state index in [4.69, 9.17) is 11.6 Å². The van der Waals surface area contributed by atoms with Gasteiger partial charge in [0, 0.05) is 31.5 Å². The van der Waals surface area contributed by atoms with E-state index in [0.717, 1.165) is 31.6 Å². The Balaban J connectivity index is 2.10. The van der Waals surface area contributed by atoms with E-state index in [2.05, 4.69) is 4.90 Å². The van der Waals surface area contributed by atoms with Gasteiger partial charge in [-0.05, 0) is 37.5 Å². The molecule has 1 fully saturated rings. The lowest BCUT2D eigenvalue weighted by Gasteiger charge is -2.29. The molecule has 6 heteroatoms. The number of piperidine rings is 1. The summed E-state index contributed by atoms with van der Waals surface area (Å²) in [4.78, 5) is 13.1. The molecular formula is C15H16ClN3O2. The van der Waals surface area contributed by atoms with Crippen molar-refractivity contribution in [1.29, 1.82) is 0 Å². The number of nitro groups is 1. The Labute approximate surface area is 127 Å². The van der Waals surface area contributed by atoms with Crippen molar-refractivity contribution in [3.8, 4) is 5.69 Å². The van der Waals surface area contributed by atoms with Crippen molar-refractivity contribution in [2.75, 3.05) is 18.0 Å². The van der Waals surface area contributed by atoms with Crippen molar-refractivity contribution in [3.05, 3.63) is 51.8 Å². The summed E-state index contributed by atoms with van der Waals surface area (Å²) in [6, 6.07) is 7.09. The highest BCUT2D eigenvalue weighted by Crippen LogP contribution is 2.36. The first-order valence-corrected chi connectivity index (χ1v) is 7.41. The maximum absolute atomic E-state index is 11.3. The molecular weight excluding hydrogens is 290 g/mol. The first-order valence-electron chi connectivity index (χ1n) is 7.03. The van der Waals surface area contributed by atoms with Gasteiger partial charge >= 0.3 is 0 Å². The SMILES string of the molecule is O=[N+]([O-])c1cc(Cl)c(-n2cccc2)cc1N1CCCCC1. The van der Waals surface area contributed by atoms with Crippen LogP contribution in [-0.2, 0) is 0 Å². The first-order chi connectivity index (χ1) is 10.2. The summed E-state index contributed by atoms with van der Waals surface area (Å²) < 4.78 is 1.87. The number of nitrogens with zero attached hydrogens (tertiary/aromatic N) is 3. The van der Waals surface area contributed by atoms with E-state index in [1.165, 1.54) is 12.5 Å². The molecule has 0 radical (unpaired) electrons. The van der Waals surface area contributed by atoms with Crippen molar-refractivity contribution in [2.24, 2.45) is 0 Å². The number of halogens is 1. The van der Waals surface area contributed by atoms with Crippen LogP contribution < -0.4 is 4.90 Å². The molecule has 0 unspecified atom stereocenters. The van der Waals surface area contributed by atoms with Gasteiger partial charge in [-0.3, -0.25) is 10.1 Å². The smallest absolute Gasteiger partial charge is 0.294 e. The van der Waals surface area contributed by atoms with Crippen LogP contribution >= 0.6 is 11.6 Å². The monoisotopic (exact) mass is 305 g/mol. The van der Waals surface area contributed by atoms with Gasteiger partial charge in [0.1, 0.15) is 5.69 Å². The van der Waals surface area contributed by atoms with Crippen LogP contribution in [0.15, 0.2) is 36.7 Å². The van der Waals surface area contributed by atoms with E-state index in [1.807, 2.05) is 35.2 Å². The molecule has 1 aromatic carbocycles. The minimum atomic E-state index is -0.352. The molecule has 21 heavy (non-hydrogen) atoms. The highest BCUT2D eigenvalue weighted by Gasteiger charge is 2.23. The fourth-order valence-corrected chi connectivity index (χ4v) is 3.02. The predicted molar refractivity (Wildman–Crippen MR) is 83.5 cm³/mol. The molecule has 1 saturated heterocycles. The number of nitro benzene ring substituents is 1. The van der Waals surface area contributed by atoms with Gasteiger partial charge in [-0.25, -0.2) is 0 Å². The maximum Gasteiger partial charge on any atom is 0.294 e. The van der Waals surface area contributed by atoms with Crippen LogP contribution in [0.1, 0.15) is 19.3 Å². The number of aromatic nitrogens is 1. The van der Waals surface area contributed by atoms with Gasteiger partial charge in [0.05, 0.1) is 15.6 Å². The lowest BCUT2D eigenvalue weighted by Crippen LogP contribution is -2.30. The predicted octanol–water partition coefficient (Wildman–Crippen LogP) is 4.03. The molecule has 0 N–H and O–H groups in total. The van der Waals surface area contributed by atoms with Crippen LogP contribution in [0.2, 0.25) is 5.02 Å². The number of anilines is 1. The molecule has 3 rings (SSSR count). The van der Waals surface area contributed by atoms with Crippen LogP contribution in [0.3, 0.4) is 0 Å². The van der Waals surface area contributed by atoms with E-state index < -0.39 is 0 Å². The lowest BCUT2D eigenvalue weighted by molar-refractivity contribution is -0.384. The molecule has 0 amide bonds. The minimum Gasteiger partial charge on any atom is -0.366 e. The third-order valence-corrected chi connectivity index (χ3v) is 4.12. The molecule has 2 heterocycles. The average Bonchev–Trinajstić information content (AvgIpc) is 3.01. The van der Waals surface area contributed by atoms with Crippen LogP contribution in [0.5, 0.6) is 0 Å². The third kappa shape index (κ3) is 2.74. The minimum absolute atomic E-state index is 0.0813. The second kappa shape index (κ2) is 5.77. The van der Waals surface area contributed by atoms with Gasteiger partial charge in [-0.1, -0.05) is 11.6 Å². The quantitative estimate of drug-likeness (QED) is 0.635. The van der Waals surface area contributed by atoms with Crippen LogP contribution in [0.4, 0.5) is 11.4 Å². The molecule has 2 aromatic rings. The zero-order chi connectivity index (χ0) is 14.8. The summed E-state index contributed by atoms with van der Waals surface area (Å²) in [5.41, 5.74) is 1.51. The molecule has 110 valence electrons. The average molecular weight is 306 g/mol. The number of benzene rings is 1. The molecule has 1 aliphatic rings. The molecule has 0 atom stereocenters. The van der Waals surface area contributed by atoms with Gasteiger partial charge in [0.2, 0.25) is 0 Å². The Morgan fingerprint density at radius 2 is 1.71 bits per heavy atom. The normalized spacial score (nSPS) is 15.2. The zero-order valence-corrected chi connectivity index (χ0v) is 12.3. The Morgan fingerprint density at radius 3 is 2.33 bits per heavy atom.